The molecule has 0 aliphatic carbocycles. The maximum atomic E-state index is 6.25. The molecule has 20 heavy (non-hydrogen) atoms. The van der Waals surface area contributed by atoms with E-state index in [2.05, 4.69) is 12.2 Å². The van der Waals surface area contributed by atoms with Gasteiger partial charge in [-0.05, 0) is 37.2 Å². The number of para-hydroxylation sites is 1. The van der Waals surface area contributed by atoms with Gasteiger partial charge < -0.3 is 10.1 Å². The SMILES string of the molecule is CCNCc1cccc(Cl)c1Oc1cc(C)ccc1Cl. The first-order chi connectivity index (χ1) is 9.61. The molecule has 2 rings (SSSR count). The number of nitrogens with one attached hydrogen (secondary N) is 1. The highest BCUT2D eigenvalue weighted by Gasteiger charge is 2.11. The summed E-state index contributed by atoms with van der Waals surface area (Å²) < 4.78 is 5.95. The van der Waals surface area contributed by atoms with Gasteiger partial charge in [0.1, 0.15) is 5.75 Å². The molecule has 0 atom stereocenters. The van der Waals surface area contributed by atoms with Crippen molar-refractivity contribution in [3.05, 3.63) is 57.6 Å². The molecule has 0 aromatic heterocycles. The van der Waals surface area contributed by atoms with Crippen molar-refractivity contribution in [1.29, 1.82) is 0 Å². The average Bonchev–Trinajstić information content (AvgIpc) is 2.43. The van der Waals surface area contributed by atoms with Gasteiger partial charge in [0.2, 0.25) is 0 Å². The first-order valence-electron chi connectivity index (χ1n) is 6.54. The summed E-state index contributed by atoms with van der Waals surface area (Å²) in [4.78, 5) is 0. The van der Waals surface area contributed by atoms with Crippen molar-refractivity contribution < 1.29 is 4.74 Å². The van der Waals surface area contributed by atoms with Crippen LogP contribution in [0.5, 0.6) is 11.5 Å². The Labute approximate surface area is 129 Å². The molecule has 0 saturated carbocycles. The van der Waals surface area contributed by atoms with Gasteiger partial charge in [-0.1, -0.05) is 48.3 Å². The van der Waals surface area contributed by atoms with E-state index in [1.54, 1.807) is 0 Å². The Kier molecular flexibility index (Phi) is 5.30. The van der Waals surface area contributed by atoms with E-state index < -0.39 is 0 Å². The lowest BCUT2D eigenvalue weighted by molar-refractivity contribution is 0.473. The highest BCUT2D eigenvalue weighted by molar-refractivity contribution is 6.33. The van der Waals surface area contributed by atoms with Crippen molar-refractivity contribution in [3.8, 4) is 11.5 Å². The molecule has 2 nitrogen and oxygen atoms in total. The lowest BCUT2D eigenvalue weighted by Crippen LogP contribution is -2.12. The summed E-state index contributed by atoms with van der Waals surface area (Å²) in [6.07, 6.45) is 0. The number of halogens is 2. The minimum atomic E-state index is 0.574. The van der Waals surface area contributed by atoms with Crippen molar-refractivity contribution in [2.75, 3.05) is 6.54 Å². The summed E-state index contributed by atoms with van der Waals surface area (Å²) in [5.74, 6) is 1.28. The third kappa shape index (κ3) is 3.66. The third-order valence-corrected chi connectivity index (χ3v) is 3.52. The first kappa shape index (κ1) is 15.2. The molecule has 2 aromatic rings. The Bertz CT molecular complexity index is 599. The summed E-state index contributed by atoms with van der Waals surface area (Å²) in [5, 5.41) is 4.43. The molecule has 0 unspecified atom stereocenters. The second-order valence-electron chi connectivity index (χ2n) is 4.54. The van der Waals surface area contributed by atoms with E-state index in [9.17, 15) is 0 Å². The molecule has 106 valence electrons. The smallest absolute Gasteiger partial charge is 0.150 e. The zero-order valence-corrected chi connectivity index (χ0v) is 13.1. The molecule has 0 heterocycles. The van der Waals surface area contributed by atoms with Gasteiger partial charge in [-0.25, -0.2) is 0 Å². The average molecular weight is 310 g/mol. The van der Waals surface area contributed by atoms with Crippen LogP contribution in [0.4, 0.5) is 0 Å². The molecule has 2 aromatic carbocycles. The topological polar surface area (TPSA) is 21.3 Å². The normalized spacial score (nSPS) is 10.6. The van der Waals surface area contributed by atoms with Crippen LogP contribution in [0.25, 0.3) is 0 Å². The fourth-order valence-corrected chi connectivity index (χ4v) is 2.25. The van der Waals surface area contributed by atoms with E-state index in [1.807, 2.05) is 43.3 Å². The van der Waals surface area contributed by atoms with Gasteiger partial charge in [-0.15, -0.1) is 0 Å². The number of ether oxygens (including phenoxy) is 1. The molecule has 0 bridgehead atoms. The minimum Gasteiger partial charge on any atom is -0.454 e. The maximum Gasteiger partial charge on any atom is 0.150 e. The predicted molar refractivity (Wildman–Crippen MR) is 85.1 cm³/mol. The minimum absolute atomic E-state index is 0.574. The van der Waals surface area contributed by atoms with Gasteiger partial charge in [0.05, 0.1) is 10.0 Å². The van der Waals surface area contributed by atoms with E-state index in [-0.39, 0.29) is 0 Å². The summed E-state index contributed by atoms with van der Waals surface area (Å²) in [6, 6.07) is 11.4. The lowest BCUT2D eigenvalue weighted by atomic mass is 10.2. The number of hydrogen-bond donors (Lipinski definition) is 1. The number of aryl methyl sites for hydroxylation is 1. The van der Waals surface area contributed by atoms with Crippen LogP contribution in [-0.2, 0) is 6.54 Å². The Balaban J connectivity index is 2.34. The van der Waals surface area contributed by atoms with Crippen LogP contribution in [0, 0.1) is 6.92 Å². The highest BCUT2D eigenvalue weighted by atomic mass is 35.5. The quantitative estimate of drug-likeness (QED) is 0.819. The Morgan fingerprint density at radius 1 is 1.10 bits per heavy atom. The number of hydrogen-bond acceptors (Lipinski definition) is 2. The largest absolute Gasteiger partial charge is 0.454 e. The standard InChI is InChI=1S/C16H17Cl2NO/c1-3-19-10-12-5-4-6-14(18)16(12)20-15-9-11(2)7-8-13(15)17/h4-9,19H,3,10H2,1-2H3. The van der Waals surface area contributed by atoms with Crippen molar-refractivity contribution in [2.45, 2.75) is 20.4 Å². The fourth-order valence-electron chi connectivity index (χ4n) is 1.87. The molecule has 1 N–H and O–H groups in total. The fraction of sp³-hybridized carbons (Fsp3) is 0.250. The van der Waals surface area contributed by atoms with Crippen LogP contribution >= 0.6 is 23.2 Å². The van der Waals surface area contributed by atoms with E-state index in [0.29, 0.717) is 28.1 Å². The molecule has 0 spiro atoms. The maximum absolute atomic E-state index is 6.25. The van der Waals surface area contributed by atoms with Crippen molar-refractivity contribution in [2.24, 2.45) is 0 Å². The summed E-state index contributed by atoms with van der Waals surface area (Å²) in [5.41, 5.74) is 2.10. The van der Waals surface area contributed by atoms with Crippen LogP contribution in [0.1, 0.15) is 18.1 Å². The van der Waals surface area contributed by atoms with E-state index in [4.69, 9.17) is 27.9 Å². The zero-order valence-electron chi connectivity index (χ0n) is 11.5. The second-order valence-corrected chi connectivity index (χ2v) is 5.36. The van der Waals surface area contributed by atoms with Crippen molar-refractivity contribution in [1.82, 2.24) is 5.32 Å². The monoisotopic (exact) mass is 309 g/mol. The van der Waals surface area contributed by atoms with Gasteiger partial charge in [-0.2, -0.15) is 0 Å². The van der Waals surface area contributed by atoms with E-state index >= 15 is 0 Å². The van der Waals surface area contributed by atoms with Gasteiger partial charge in [-0.3, -0.25) is 0 Å². The Morgan fingerprint density at radius 3 is 2.65 bits per heavy atom. The molecule has 0 aliphatic heterocycles. The Morgan fingerprint density at radius 2 is 1.90 bits per heavy atom. The van der Waals surface area contributed by atoms with E-state index in [0.717, 1.165) is 17.7 Å². The van der Waals surface area contributed by atoms with E-state index in [1.165, 1.54) is 0 Å². The summed E-state index contributed by atoms with van der Waals surface area (Å²) >= 11 is 12.4. The number of benzene rings is 2. The van der Waals surface area contributed by atoms with Gasteiger partial charge in [0.25, 0.3) is 0 Å². The molecule has 0 saturated heterocycles. The summed E-state index contributed by atoms with van der Waals surface area (Å²) in [6.45, 7) is 5.64. The molecular weight excluding hydrogens is 293 g/mol. The Hall–Kier alpha value is -1.22. The highest BCUT2D eigenvalue weighted by Crippen LogP contribution is 2.36. The first-order valence-corrected chi connectivity index (χ1v) is 7.29. The van der Waals surface area contributed by atoms with Crippen LogP contribution in [0.2, 0.25) is 10.0 Å². The second kappa shape index (κ2) is 6.98. The summed E-state index contributed by atoms with van der Waals surface area (Å²) in [7, 11) is 0. The van der Waals surface area contributed by atoms with Gasteiger partial charge >= 0.3 is 0 Å². The van der Waals surface area contributed by atoms with Crippen molar-refractivity contribution >= 4 is 23.2 Å². The van der Waals surface area contributed by atoms with Crippen LogP contribution < -0.4 is 10.1 Å². The third-order valence-electron chi connectivity index (χ3n) is 2.91. The van der Waals surface area contributed by atoms with Crippen molar-refractivity contribution in [3.63, 3.8) is 0 Å². The zero-order chi connectivity index (χ0) is 14.5. The van der Waals surface area contributed by atoms with Crippen LogP contribution in [-0.4, -0.2) is 6.54 Å². The molecule has 0 amide bonds. The number of rotatable bonds is 5. The van der Waals surface area contributed by atoms with Crippen LogP contribution in [0.15, 0.2) is 36.4 Å². The van der Waals surface area contributed by atoms with Crippen LogP contribution in [0.3, 0.4) is 0 Å². The predicted octanol–water partition coefficient (Wildman–Crippen LogP) is 5.20. The molecule has 0 fully saturated rings. The molecule has 0 radical (unpaired) electrons. The lowest BCUT2D eigenvalue weighted by Gasteiger charge is -2.14. The molecular formula is C16H17Cl2NO. The molecule has 0 aliphatic rings. The van der Waals surface area contributed by atoms with Gasteiger partial charge in [0, 0.05) is 12.1 Å². The molecule has 4 heteroatoms. The van der Waals surface area contributed by atoms with Gasteiger partial charge in [0.15, 0.2) is 5.75 Å².